The smallest absolute Gasteiger partial charge is 0.340 e. The van der Waals surface area contributed by atoms with Gasteiger partial charge in [-0.25, -0.2) is 4.79 Å². The topological polar surface area (TPSA) is 61.5 Å². The number of carbonyl (C=O) groups excluding carboxylic acids is 1. The molecule has 0 aliphatic rings. The molecule has 4 heteroatoms. The van der Waals surface area contributed by atoms with Crippen LogP contribution >= 0.6 is 0 Å². The summed E-state index contributed by atoms with van der Waals surface area (Å²) in [4.78, 5) is 11.7. The molecule has 0 radical (unpaired) electrons. The van der Waals surface area contributed by atoms with Crippen molar-refractivity contribution in [3.8, 4) is 0 Å². The van der Waals surface area contributed by atoms with Gasteiger partial charge >= 0.3 is 5.97 Å². The van der Waals surface area contributed by atoms with Crippen LogP contribution in [0.2, 0.25) is 0 Å². The molecule has 1 rings (SSSR count). The van der Waals surface area contributed by atoms with Gasteiger partial charge in [-0.05, 0) is 24.0 Å². The number of ether oxygens (including phenoxy) is 2. The normalized spacial score (nSPS) is 12.2. The molecular weight excluding hydrogens is 242 g/mol. The maximum atomic E-state index is 11.7. The summed E-state index contributed by atoms with van der Waals surface area (Å²) < 4.78 is 10.4. The third kappa shape index (κ3) is 4.56. The van der Waals surface area contributed by atoms with E-state index in [1.54, 1.807) is 6.07 Å². The quantitative estimate of drug-likeness (QED) is 0.608. The Kier molecular flexibility index (Phi) is 6.36. The lowest BCUT2D eigenvalue weighted by molar-refractivity contribution is 0.0587. The minimum Gasteiger partial charge on any atom is -0.465 e. The van der Waals surface area contributed by atoms with Crippen molar-refractivity contribution < 1.29 is 14.3 Å². The predicted molar refractivity (Wildman–Crippen MR) is 75.9 cm³/mol. The lowest BCUT2D eigenvalue weighted by atomic mass is 10.1. The molecule has 1 atom stereocenters. The fraction of sp³-hybridized carbons (Fsp3) is 0.533. The fourth-order valence-corrected chi connectivity index (χ4v) is 2.04. The van der Waals surface area contributed by atoms with Gasteiger partial charge in [-0.2, -0.15) is 0 Å². The Balaban J connectivity index is 2.68. The summed E-state index contributed by atoms with van der Waals surface area (Å²) in [6.45, 7) is 5.38. The molecule has 1 aromatic rings. The number of nitrogen functional groups attached to an aromatic ring is 1. The summed E-state index contributed by atoms with van der Waals surface area (Å²) in [6.07, 6.45) is 2.29. The molecule has 2 N–H and O–H groups in total. The summed E-state index contributed by atoms with van der Waals surface area (Å²) in [5.74, 6) is 0.103. The predicted octanol–water partition coefficient (Wildman–Crippen LogP) is 3.01. The molecule has 0 bridgehead atoms. The summed E-state index contributed by atoms with van der Waals surface area (Å²) in [5.41, 5.74) is 7.43. The number of hydrogen-bond donors (Lipinski definition) is 1. The third-order valence-electron chi connectivity index (χ3n) is 3.01. The highest BCUT2D eigenvalue weighted by molar-refractivity contribution is 5.96. The first-order valence-electron chi connectivity index (χ1n) is 6.63. The lowest BCUT2D eigenvalue weighted by Crippen LogP contribution is -2.12. The molecule has 0 spiro atoms. The number of nitrogens with two attached hydrogens (primary N) is 1. The molecule has 0 heterocycles. The van der Waals surface area contributed by atoms with Crippen molar-refractivity contribution in [2.45, 2.75) is 33.3 Å². The maximum Gasteiger partial charge on any atom is 0.340 e. The molecule has 4 nitrogen and oxygen atoms in total. The monoisotopic (exact) mass is 265 g/mol. The zero-order chi connectivity index (χ0) is 14.3. The minimum atomic E-state index is -0.418. The lowest BCUT2D eigenvalue weighted by Gasteiger charge is -2.13. The highest BCUT2D eigenvalue weighted by Crippen LogP contribution is 2.19. The van der Waals surface area contributed by atoms with Gasteiger partial charge in [-0.1, -0.05) is 32.4 Å². The Bertz CT molecular complexity index is 418. The van der Waals surface area contributed by atoms with Crippen molar-refractivity contribution >= 4 is 11.7 Å². The molecule has 0 fully saturated rings. The number of carbonyl (C=O) groups is 1. The SMILES string of the molecule is CCCC(C)COCc1cccc(N)c1C(=O)OC. The van der Waals surface area contributed by atoms with Crippen molar-refractivity contribution in [3.63, 3.8) is 0 Å². The first-order valence-corrected chi connectivity index (χ1v) is 6.63. The molecule has 0 saturated heterocycles. The first kappa shape index (κ1) is 15.5. The Hall–Kier alpha value is -1.55. The van der Waals surface area contributed by atoms with Crippen LogP contribution in [-0.2, 0) is 16.1 Å². The summed E-state index contributed by atoms with van der Waals surface area (Å²) in [7, 11) is 1.35. The number of hydrogen-bond acceptors (Lipinski definition) is 4. The van der Waals surface area contributed by atoms with Crippen LogP contribution in [0.25, 0.3) is 0 Å². The van der Waals surface area contributed by atoms with E-state index >= 15 is 0 Å². The fourth-order valence-electron chi connectivity index (χ4n) is 2.04. The Morgan fingerprint density at radius 1 is 1.42 bits per heavy atom. The second-order valence-corrected chi connectivity index (χ2v) is 4.78. The van der Waals surface area contributed by atoms with E-state index < -0.39 is 5.97 Å². The molecule has 0 saturated carbocycles. The van der Waals surface area contributed by atoms with Crippen molar-refractivity contribution in [3.05, 3.63) is 29.3 Å². The Morgan fingerprint density at radius 2 is 2.16 bits per heavy atom. The van der Waals surface area contributed by atoms with Gasteiger partial charge in [-0.3, -0.25) is 0 Å². The van der Waals surface area contributed by atoms with Crippen LogP contribution in [0, 0.1) is 5.92 Å². The van der Waals surface area contributed by atoms with E-state index in [-0.39, 0.29) is 0 Å². The van der Waals surface area contributed by atoms with Crippen LogP contribution in [-0.4, -0.2) is 19.7 Å². The Labute approximate surface area is 114 Å². The van der Waals surface area contributed by atoms with Gasteiger partial charge in [-0.15, -0.1) is 0 Å². The number of esters is 1. The van der Waals surface area contributed by atoms with Crippen LogP contribution in [0.1, 0.15) is 42.6 Å². The first-order chi connectivity index (χ1) is 9.10. The van der Waals surface area contributed by atoms with E-state index in [0.29, 0.717) is 30.4 Å². The van der Waals surface area contributed by atoms with Crippen LogP contribution in [0.3, 0.4) is 0 Å². The molecule has 1 aromatic carbocycles. The third-order valence-corrected chi connectivity index (χ3v) is 3.01. The second kappa shape index (κ2) is 7.79. The number of anilines is 1. The van der Waals surface area contributed by atoms with E-state index in [1.165, 1.54) is 7.11 Å². The number of rotatable bonds is 7. The van der Waals surface area contributed by atoms with Gasteiger partial charge < -0.3 is 15.2 Å². The van der Waals surface area contributed by atoms with Gasteiger partial charge in [0.1, 0.15) is 0 Å². The van der Waals surface area contributed by atoms with Gasteiger partial charge in [0.05, 0.1) is 19.3 Å². The standard InChI is InChI=1S/C15H23NO3/c1-4-6-11(2)9-19-10-12-7-5-8-13(16)14(12)15(17)18-3/h5,7-8,11H,4,6,9-10,16H2,1-3H3. The molecule has 0 aliphatic heterocycles. The Morgan fingerprint density at radius 3 is 2.79 bits per heavy atom. The molecule has 0 amide bonds. The summed E-state index contributed by atoms with van der Waals surface area (Å²) >= 11 is 0. The molecular formula is C15H23NO3. The summed E-state index contributed by atoms with van der Waals surface area (Å²) in [5, 5.41) is 0. The van der Waals surface area contributed by atoms with E-state index in [0.717, 1.165) is 18.4 Å². The van der Waals surface area contributed by atoms with Crippen LogP contribution in [0.5, 0.6) is 0 Å². The van der Waals surface area contributed by atoms with Crippen LogP contribution in [0.4, 0.5) is 5.69 Å². The molecule has 19 heavy (non-hydrogen) atoms. The van der Waals surface area contributed by atoms with E-state index in [9.17, 15) is 4.79 Å². The van der Waals surface area contributed by atoms with E-state index in [2.05, 4.69) is 13.8 Å². The number of methoxy groups -OCH3 is 1. The van der Waals surface area contributed by atoms with Crippen molar-refractivity contribution in [1.29, 1.82) is 0 Å². The highest BCUT2D eigenvalue weighted by atomic mass is 16.5. The van der Waals surface area contributed by atoms with Gasteiger partial charge in [0, 0.05) is 12.3 Å². The van der Waals surface area contributed by atoms with Gasteiger partial charge in [0.15, 0.2) is 0 Å². The minimum absolute atomic E-state index is 0.378. The average molecular weight is 265 g/mol. The molecule has 1 unspecified atom stereocenters. The largest absolute Gasteiger partial charge is 0.465 e. The van der Waals surface area contributed by atoms with Gasteiger partial charge in [0.25, 0.3) is 0 Å². The van der Waals surface area contributed by atoms with Crippen LogP contribution in [0.15, 0.2) is 18.2 Å². The highest BCUT2D eigenvalue weighted by Gasteiger charge is 2.15. The van der Waals surface area contributed by atoms with Crippen LogP contribution < -0.4 is 5.73 Å². The molecule has 106 valence electrons. The van der Waals surface area contributed by atoms with Crippen molar-refractivity contribution in [2.75, 3.05) is 19.5 Å². The maximum absolute atomic E-state index is 11.7. The van der Waals surface area contributed by atoms with E-state index in [1.807, 2.05) is 12.1 Å². The van der Waals surface area contributed by atoms with Gasteiger partial charge in [0.2, 0.25) is 0 Å². The molecule has 0 aromatic heterocycles. The second-order valence-electron chi connectivity index (χ2n) is 4.78. The van der Waals surface area contributed by atoms with Crippen molar-refractivity contribution in [2.24, 2.45) is 5.92 Å². The summed E-state index contributed by atoms with van der Waals surface area (Å²) in [6, 6.07) is 5.35. The average Bonchev–Trinajstić information content (AvgIpc) is 2.38. The molecule has 0 aliphatic carbocycles. The van der Waals surface area contributed by atoms with E-state index in [4.69, 9.17) is 15.2 Å². The zero-order valence-corrected chi connectivity index (χ0v) is 11.9. The van der Waals surface area contributed by atoms with Crippen molar-refractivity contribution in [1.82, 2.24) is 0 Å². The zero-order valence-electron chi connectivity index (χ0n) is 11.9. The number of benzene rings is 1.